The highest BCUT2D eigenvalue weighted by Gasteiger charge is 2.41. The second-order valence-corrected chi connectivity index (χ2v) is 7.12. The lowest BCUT2D eigenvalue weighted by atomic mass is 9.87. The number of fused-ring (bicyclic) bond motifs is 2. The van der Waals surface area contributed by atoms with Crippen molar-refractivity contribution < 1.29 is 14.4 Å². The SMILES string of the molecule is CC1(C)CN(C(=O)CN2C(=O)c3ccccc3C2=O)c2ccccc21. The molecule has 0 unspecified atom stereocenters. The van der Waals surface area contributed by atoms with Gasteiger partial charge in [-0.3, -0.25) is 19.3 Å². The predicted octanol–water partition coefficient (Wildman–Crippen LogP) is 2.61. The lowest BCUT2D eigenvalue weighted by Gasteiger charge is -2.23. The lowest BCUT2D eigenvalue weighted by Crippen LogP contribution is -2.43. The fourth-order valence-corrected chi connectivity index (χ4v) is 3.67. The van der Waals surface area contributed by atoms with E-state index in [-0.39, 0.29) is 17.9 Å². The highest BCUT2D eigenvalue weighted by molar-refractivity contribution is 6.22. The number of para-hydroxylation sites is 1. The molecule has 4 rings (SSSR count). The van der Waals surface area contributed by atoms with Crippen LogP contribution in [0.25, 0.3) is 0 Å². The zero-order chi connectivity index (χ0) is 17.8. The monoisotopic (exact) mass is 334 g/mol. The number of amides is 3. The molecule has 0 atom stereocenters. The van der Waals surface area contributed by atoms with Crippen LogP contribution in [0.4, 0.5) is 5.69 Å². The molecule has 0 spiro atoms. The summed E-state index contributed by atoms with van der Waals surface area (Å²) in [6.45, 7) is 4.47. The second kappa shape index (κ2) is 5.28. The summed E-state index contributed by atoms with van der Waals surface area (Å²) in [4.78, 5) is 40.5. The Bertz CT molecular complexity index is 882. The third kappa shape index (κ3) is 2.27. The molecule has 126 valence electrons. The van der Waals surface area contributed by atoms with Crippen LogP contribution in [0.2, 0.25) is 0 Å². The maximum atomic E-state index is 12.9. The topological polar surface area (TPSA) is 57.7 Å². The first-order chi connectivity index (χ1) is 11.9. The van der Waals surface area contributed by atoms with Gasteiger partial charge in [0.1, 0.15) is 6.54 Å². The smallest absolute Gasteiger partial charge is 0.262 e. The number of anilines is 1. The molecule has 3 amide bonds. The first-order valence-electron chi connectivity index (χ1n) is 8.25. The number of carbonyl (C=O) groups excluding carboxylic acids is 3. The van der Waals surface area contributed by atoms with Crippen LogP contribution in [0.15, 0.2) is 48.5 Å². The largest absolute Gasteiger partial charge is 0.310 e. The van der Waals surface area contributed by atoms with Crippen molar-refractivity contribution in [3.63, 3.8) is 0 Å². The van der Waals surface area contributed by atoms with Crippen molar-refractivity contribution in [1.29, 1.82) is 0 Å². The summed E-state index contributed by atoms with van der Waals surface area (Å²) in [5.41, 5.74) is 2.53. The average molecular weight is 334 g/mol. The number of hydrogen-bond acceptors (Lipinski definition) is 3. The number of rotatable bonds is 2. The van der Waals surface area contributed by atoms with E-state index in [9.17, 15) is 14.4 Å². The summed E-state index contributed by atoms with van der Waals surface area (Å²) in [6, 6.07) is 14.4. The van der Waals surface area contributed by atoms with Crippen molar-refractivity contribution in [3.05, 3.63) is 65.2 Å². The quantitative estimate of drug-likeness (QED) is 0.793. The van der Waals surface area contributed by atoms with Gasteiger partial charge >= 0.3 is 0 Å². The Morgan fingerprint density at radius 3 is 2.16 bits per heavy atom. The standard InChI is InChI=1S/C20H18N2O3/c1-20(2)12-22(16-10-6-5-9-15(16)20)17(23)11-21-18(24)13-7-3-4-8-14(13)19(21)25/h3-10H,11-12H2,1-2H3. The van der Waals surface area contributed by atoms with Crippen molar-refractivity contribution in [3.8, 4) is 0 Å². The van der Waals surface area contributed by atoms with Crippen LogP contribution in [0.3, 0.4) is 0 Å². The summed E-state index contributed by atoms with van der Waals surface area (Å²) < 4.78 is 0. The molecular weight excluding hydrogens is 316 g/mol. The number of imide groups is 1. The van der Waals surface area contributed by atoms with E-state index in [0.29, 0.717) is 17.7 Å². The van der Waals surface area contributed by atoms with Crippen LogP contribution in [0.5, 0.6) is 0 Å². The highest BCUT2D eigenvalue weighted by atomic mass is 16.2. The molecule has 5 heteroatoms. The molecule has 2 aliphatic rings. The minimum absolute atomic E-state index is 0.158. The molecule has 2 heterocycles. The van der Waals surface area contributed by atoms with Gasteiger partial charge in [0.2, 0.25) is 5.91 Å². The Kier molecular flexibility index (Phi) is 3.29. The van der Waals surface area contributed by atoms with E-state index in [1.54, 1.807) is 29.2 Å². The third-order valence-electron chi connectivity index (χ3n) is 4.95. The molecule has 0 fully saturated rings. The average Bonchev–Trinajstić information content (AvgIpc) is 3.02. The maximum absolute atomic E-state index is 12.9. The summed E-state index contributed by atoms with van der Waals surface area (Å²) in [6.07, 6.45) is 0. The Labute approximate surface area is 145 Å². The number of carbonyl (C=O) groups is 3. The molecular formula is C20H18N2O3. The van der Waals surface area contributed by atoms with Gasteiger partial charge in [-0.1, -0.05) is 44.2 Å². The molecule has 0 N–H and O–H groups in total. The van der Waals surface area contributed by atoms with Crippen molar-refractivity contribution in [2.45, 2.75) is 19.3 Å². The minimum atomic E-state index is -0.402. The molecule has 0 saturated heterocycles. The maximum Gasteiger partial charge on any atom is 0.262 e. The van der Waals surface area contributed by atoms with Crippen LogP contribution in [-0.2, 0) is 10.2 Å². The van der Waals surface area contributed by atoms with Gasteiger partial charge in [0.15, 0.2) is 0 Å². The van der Waals surface area contributed by atoms with Gasteiger partial charge in [-0.15, -0.1) is 0 Å². The van der Waals surface area contributed by atoms with Gasteiger partial charge in [0.05, 0.1) is 11.1 Å². The van der Waals surface area contributed by atoms with Gasteiger partial charge in [-0.25, -0.2) is 0 Å². The van der Waals surface area contributed by atoms with Crippen molar-refractivity contribution in [2.24, 2.45) is 0 Å². The Morgan fingerprint density at radius 2 is 1.52 bits per heavy atom. The Morgan fingerprint density at radius 1 is 0.960 bits per heavy atom. The lowest BCUT2D eigenvalue weighted by molar-refractivity contribution is -0.119. The fourth-order valence-electron chi connectivity index (χ4n) is 3.67. The minimum Gasteiger partial charge on any atom is -0.310 e. The zero-order valence-electron chi connectivity index (χ0n) is 14.2. The Hall–Kier alpha value is -2.95. The molecule has 25 heavy (non-hydrogen) atoms. The van der Waals surface area contributed by atoms with Gasteiger partial charge in [-0.05, 0) is 23.8 Å². The number of hydrogen-bond donors (Lipinski definition) is 0. The summed E-state index contributed by atoms with van der Waals surface area (Å²) >= 11 is 0. The van der Waals surface area contributed by atoms with Gasteiger partial charge < -0.3 is 4.90 Å². The van der Waals surface area contributed by atoms with E-state index >= 15 is 0 Å². The molecule has 0 aromatic heterocycles. The molecule has 0 saturated carbocycles. The van der Waals surface area contributed by atoms with Crippen LogP contribution in [0.1, 0.15) is 40.1 Å². The summed E-state index contributed by atoms with van der Waals surface area (Å²) in [5.74, 6) is -1.05. The van der Waals surface area contributed by atoms with Crippen LogP contribution >= 0.6 is 0 Å². The van der Waals surface area contributed by atoms with Gasteiger partial charge in [0, 0.05) is 17.6 Å². The van der Waals surface area contributed by atoms with Gasteiger partial charge in [0.25, 0.3) is 11.8 Å². The molecule has 2 aliphatic heterocycles. The van der Waals surface area contributed by atoms with Crippen LogP contribution < -0.4 is 4.90 Å². The van der Waals surface area contributed by atoms with E-state index in [1.807, 2.05) is 24.3 Å². The summed E-state index contributed by atoms with van der Waals surface area (Å²) in [5, 5.41) is 0. The first-order valence-corrected chi connectivity index (χ1v) is 8.25. The summed E-state index contributed by atoms with van der Waals surface area (Å²) in [7, 11) is 0. The van der Waals surface area contributed by atoms with E-state index < -0.39 is 11.8 Å². The van der Waals surface area contributed by atoms with Crippen LogP contribution in [-0.4, -0.2) is 35.7 Å². The van der Waals surface area contributed by atoms with E-state index in [4.69, 9.17) is 0 Å². The molecule has 2 aromatic carbocycles. The molecule has 0 radical (unpaired) electrons. The molecule has 0 bridgehead atoms. The van der Waals surface area contributed by atoms with Crippen molar-refractivity contribution in [2.75, 3.05) is 18.0 Å². The molecule has 0 aliphatic carbocycles. The number of nitrogens with zero attached hydrogens (tertiary/aromatic N) is 2. The highest BCUT2D eigenvalue weighted by Crippen LogP contribution is 2.40. The van der Waals surface area contributed by atoms with E-state index in [0.717, 1.165) is 16.2 Å². The Balaban J connectivity index is 1.61. The molecule has 2 aromatic rings. The predicted molar refractivity (Wildman–Crippen MR) is 93.6 cm³/mol. The van der Waals surface area contributed by atoms with Crippen molar-refractivity contribution >= 4 is 23.4 Å². The normalized spacial score (nSPS) is 17.7. The number of benzene rings is 2. The van der Waals surface area contributed by atoms with E-state index in [2.05, 4.69) is 13.8 Å². The first kappa shape index (κ1) is 15.6. The molecule has 5 nitrogen and oxygen atoms in total. The zero-order valence-corrected chi connectivity index (χ0v) is 14.2. The second-order valence-electron chi connectivity index (χ2n) is 7.12. The van der Waals surface area contributed by atoms with Crippen LogP contribution in [0, 0.1) is 0 Å². The van der Waals surface area contributed by atoms with E-state index in [1.165, 1.54) is 0 Å². The van der Waals surface area contributed by atoms with Gasteiger partial charge in [-0.2, -0.15) is 0 Å². The third-order valence-corrected chi connectivity index (χ3v) is 4.95. The van der Waals surface area contributed by atoms with Crippen molar-refractivity contribution in [1.82, 2.24) is 4.90 Å². The fraction of sp³-hybridized carbons (Fsp3) is 0.250.